The zero-order valence-electron chi connectivity index (χ0n) is 13.3. The van der Waals surface area contributed by atoms with Crippen molar-refractivity contribution >= 4 is 11.3 Å². The Bertz CT molecular complexity index is 563. The number of rotatable bonds is 7. The number of nitrogens with zero attached hydrogens (tertiary/aromatic N) is 1. The van der Waals surface area contributed by atoms with Crippen LogP contribution in [0.2, 0.25) is 0 Å². The molecular weight excluding hydrogens is 280 g/mol. The monoisotopic (exact) mass is 304 g/mol. The Labute approximate surface area is 131 Å². The third-order valence-electron chi connectivity index (χ3n) is 3.37. The molecule has 0 fully saturated rings. The summed E-state index contributed by atoms with van der Waals surface area (Å²) in [6.07, 6.45) is 0.987. The molecule has 0 bridgehead atoms. The van der Waals surface area contributed by atoms with Gasteiger partial charge < -0.3 is 10.1 Å². The Hall–Kier alpha value is -1.23. The van der Waals surface area contributed by atoms with Crippen molar-refractivity contribution in [3.8, 4) is 11.3 Å². The number of benzene rings is 1. The average Bonchev–Trinajstić information content (AvgIpc) is 2.91. The van der Waals surface area contributed by atoms with Gasteiger partial charge in [-0.3, -0.25) is 0 Å². The van der Waals surface area contributed by atoms with E-state index >= 15 is 0 Å². The van der Waals surface area contributed by atoms with Gasteiger partial charge in [-0.05, 0) is 40.8 Å². The summed E-state index contributed by atoms with van der Waals surface area (Å²) in [5.74, 6) is 0. The minimum absolute atomic E-state index is 0.332. The molecular formula is C17H24N2OS. The van der Waals surface area contributed by atoms with E-state index in [0.717, 1.165) is 23.7 Å². The van der Waals surface area contributed by atoms with Crippen LogP contribution in [0.4, 0.5) is 0 Å². The lowest BCUT2D eigenvalue weighted by molar-refractivity contribution is -0.0141. The summed E-state index contributed by atoms with van der Waals surface area (Å²) in [7, 11) is 1.98. The van der Waals surface area contributed by atoms with E-state index in [1.807, 2.05) is 20.0 Å². The van der Waals surface area contributed by atoms with E-state index in [1.165, 1.54) is 10.4 Å². The van der Waals surface area contributed by atoms with E-state index in [2.05, 4.69) is 43.4 Å². The summed E-state index contributed by atoms with van der Waals surface area (Å²) < 4.78 is 5.86. The van der Waals surface area contributed by atoms with Crippen molar-refractivity contribution in [2.75, 3.05) is 20.2 Å². The first-order chi connectivity index (χ1) is 10.1. The maximum absolute atomic E-state index is 5.86. The fourth-order valence-corrected chi connectivity index (χ4v) is 3.40. The van der Waals surface area contributed by atoms with Crippen LogP contribution < -0.4 is 5.32 Å². The first kappa shape index (κ1) is 16.1. The van der Waals surface area contributed by atoms with Crippen LogP contribution in [0, 0.1) is 0 Å². The van der Waals surface area contributed by atoms with Crippen molar-refractivity contribution < 1.29 is 4.74 Å². The molecule has 0 radical (unpaired) electrons. The molecule has 2 rings (SSSR count). The minimum Gasteiger partial charge on any atom is -0.369 e. The summed E-state index contributed by atoms with van der Waals surface area (Å²) in [4.78, 5) is 6.21. The van der Waals surface area contributed by atoms with Gasteiger partial charge in [0.15, 0.2) is 0 Å². The quantitative estimate of drug-likeness (QED) is 0.844. The lowest BCUT2D eigenvalue weighted by Crippen LogP contribution is -2.21. The van der Waals surface area contributed by atoms with Gasteiger partial charge in [0, 0.05) is 17.0 Å². The lowest BCUT2D eigenvalue weighted by atomic mass is 10.1. The van der Waals surface area contributed by atoms with E-state index in [-0.39, 0.29) is 5.60 Å². The van der Waals surface area contributed by atoms with E-state index in [9.17, 15) is 0 Å². The first-order valence-electron chi connectivity index (χ1n) is 7.42. The molecule has 1 aromatic carbocycles. The van der Waals surface area contributed by atoms with Gasteiger partial charge in [0.25, 0.3) is 0 Å². The molecule has 1 N–H and O–H groups in total. The number of nitrogens with one attached hydrogen (secondary N) is 1. The Balaban J connectivity index is 2.40. The SMILES string of the molecule is CCOC(C)(C)c1nc(-c2ccccc2)c(CCNC)s1. The van der Waals surface area contributed by atoms with Gasteiger partial charge in [-0.1, -0.05) is 30.3 Å². The number of hydrogen-bond donors (Lipinski definition) is 1. The highest BCUT2D eigenvalue weighted by atomic mass is 32.1. The molecule has 0 aliphatic heterocycles. The zero-order chi connectivity index (χ0) is 15.3. The summed E-state index contributed by atoms with van der Waals surface area (Å²) in [6.45, 7) is 7.85. The highest BCUT2D eigenvalue weighted by molar-refractivity contribution is 7.12. The molecule has 0 aliphatic rings. The smallest absolute Gasteiger partial charge is 0.125 e. The Morgan fingerprint density at radius 3 is 2.57 bits per heavy atom. The van der Waals surface area contributed by atoms with Gasteiger partial charge in [0.05, 0.1) is 5.69 Å². The number of ether oxygens (including phenoxy) is 1. The van der Waals surface area contributed by atoms with Gasteiger partial charge in [0.1, 0.15) is 10.6 Å². The summed E-state index contributed by atoms with van der Waals surface area (Å²) in [5.41, 5.74) is 1.94. The predicted octanol–water partition coefficient (Wildman–Crippen LogP) is 3.84. The molecule has 0 atom stereocenters. The largest absolute Gasteiger partial charge is 0.369 e. The lowest BCUT2D eigenvalue weighted by Gasteiger charge is -2.21. The van der Waals surface area contributed by atoms with Crippen LogP contribution in [-0.2, 0) is 16.8 Å². The molecule has 2 aromatic rings. The molecule has 114 valence electrons. The van der Waals surface area contributed by atoms with Gasteiger partial charge in [-0.15, -0.1) is 11.3 Å². The Morgan fingerprint density at radius 1 is 1.24 bits per heavy atom. The highest BCUT2D eigenvalue weighted by Crippen LogP contribution is 2.35. The third-order valence-corrected chi connectivity index (χ3v) is 4.79. The molecule has 0 spiro atoms. The predicted molar refractivity (Wildman–Crippen MR) is 89.8 cm³/mol. The number of aromatic nitrogens is 1. The van der Waals surface area contributed by atoms with Crippen molar-refractivity contribution in [2.24, 2.45) is 0 Å². The fraction of sp³-hybridized carbons (Fsp3) is 0.471. The van der Waals surface area contributed by atoms with Crippen LogP contribution in [0.5, 0.6) is 0 Å². The molecule has 0 unspecified atom stereocenters. The van der Waals surface area contributed by atoms with Crippen LogP contribution in [0.15, 0.2) is 30.3 Å². The van der Waals surface area contributed by atoms with E-state index < -0.39 is 0 Å². The molecule has 3 nitrogen and oxygen atoms in total. The molecule has 0 saturated heterocycles. The van der Waals surface area contributed by atoms with E-state index in [4.69, 9.17) is 9.72 Å². The fourth-order valence-electron chi connectivity index (χ4n) is 2.26. The average molecular weight is 304 g/mol. The van der Waals surface area contributed by atoms with Crippen LogP contribution >= 0.6 is 11.3 Å². The molecule has 1 aromatic heterocycles. The van der Waals surface area contributed by atoms with Crippen molar-refractivity contribution in [3.05, 3.63) is 40.2 Å². The standard InChI is InChI=1S/C17H24N2OS/c1-5-20-17(2,3)16-19-15(13-9-7-6-8-10-13)14(21-16)11-12-18-4/h6-10,18H,5,11-12H2,1-4H3. The van der Waals surface area contributed by atoms with Gasteiger partial charge in [-0.25, -0.2) is 4.98 Å². The van der Waals surface area contributed by atoms with E-state index in [0.29, 0.717) is 6.61 Å². The first-order valence-corrected chi connectivity index (χ1v) is 8.24. The van der Waals surface area contributed by atoms with Crippen molar-refractivity contribution in [1.29, 1.82) is 0 Å². The van der Waals surface area contributed by atoms with Crippen molar-refractivity contribution in [3.63, 3.8) is 0 Å². The van der Waals surface area contributed by atoms with Gasteiger partial charge in [0.2, 0.25) is 0 Å². The number of likely N-dealkylation sites (N-methyl/N-ethyl adjacent to an activating group) is 1. The van der Waals surface area contributed by atoms with Crippen LogP contribution in [0.25, 0.3) is 11.3 Å². The summed E-state index contributed by atoms with van der Waals surface area (Å²) in [5, 5.41) is 4.27. The second-order valence-electron chi connectivity index (χ2n) is 5.45. The Morgan fingerprint density at radius 2 is 1.95 bits per heavy atom. The van der Waals surface area contributed by atoms with Gasteiger partial charge in [-0.2, -0.15) is 0 Å². The molecule has 4 heteroatoms. The van der Waals surface area contributed by atoms with E-state index in [1.54, 1.807) is 11.3 Å². The summed E-state index contributed by atoms with van der Waals surface area (Å²) in [6, 6.07) is 10.4. The second kappa shape index (κ2) is 7.16. The number of thiazole rings is 1. The molecule has 1 heterocycles. The number of hydrogen-bond acceptors (Lipinski definition) is 4. The maximum atomic E-state index is 5.86. The van der Waals surface area contributed by atoms with Crippen LogP contribution in [-0.4, -0.2) is 25.2 Å². The third kappa shape index (κ3) is 3.90. The summed E-state index contributed by atoms with van der Waals surface area (Å²) >= 11 is 1.77. The van der Waals surface area contributed by atoms with Crippen LogP contribution in [0.3, 0.4) is 0 Å². The van der Waals surface area contributed by atoms with Crippen molar-refractivity contribution in [1.82, 2.24) is 10.3 Å². The maximum Gasteiger partial charge on any atom is 0.125 e. The molecule has 0 aliphatic carbocycles. The molecule has 0 saturated carbocycles. The van der Waals surface area contributed by atoms with Crippen molar-refractivity contribution in [2.45, 2.75) is 32.8 Å². The Kier molecular flexibility index (Phi) is 5.51. The topological polar surface area (TPSA) is 34.1 Å². The molecule has 0 amide bonds. The molecule has 21 heavy (non-hydrogen) atoms. The second-order valence-corrected chi connectivity index (χ2v) is 6.54. The normalized spacial score (nSPS) is 11.8. The van der Waals surface area contributed by atoms with Gasteiger partial charge >= 0.3 is 0 Å². The zero-order valence-corrected chi connectivity index (χ0v) is 14.1. The minimum atomic E-state index is -0.332. The van der Waals surface area contributed by atoms with Crippen LogP contribution in [0.1, 0.15) is 30.7 Å². The highest BCUT2D eigenvalue weighted by Gasteiger charge is 2.27.